The molecule has 1 aliphatic heterocycles. The van der Waals surface area contributed by atoms with Crippen molar-refractivity contribution in [2.45, 2.75) is 26.7 Å². The first-order valence-electron chi connectivity index (χ1n) is 10.0. The van der Waals surface area contributed by atoms with E-state index in [0.717, 1.165) is 53.4 Å². The third-order valence-electron chi connectivity index (χ3n) is 5.65. The second kappa shape index (κ2) is 8.47. The van der Waals surface area contributed by atoms with E-state index in [-0.39, 0.29) is 5.91 Å². The maximum atomic E-state index is 13.1. The van der Waals surface area contributed by atoms with Gasteiger partial charge >= 0.3 is 0 Å². The first-order valence-corrected chi connectivity index (χ1v) is 10.9. The second-order valence-corrected chi connectivity index (χ2v) is 8.62. The van der Waals surface area contributed by atoms with Crippen LogP contribution in [-0.2, 0) is 0 Å². The number of benzene rings is 1. The lowest BCUT2D eigenvalue weighted by Gasteiger charge is -2.31. The lowest BCUT2D eigenvalue weighted by molar-refractivity contribution is 0.102. The Morgan fingerprint density at radius 1 is 1.20 bits per heavy atom. The summed E-state index contributed by atoms with van der Waals surface area (Å²) in [4.78, 5) is 25.9. The average molecular weight is 427 g/mol. The molecule has 1 fully saturated rings. The molecule has 0 radical (unpaired) electrons. The average Bonchev–Trinajstić information content (AvgIpc) is 3.11. The summed E-state index contributed by atoms with van der Waals surface area (Å²) in [7, 11) is 3.16. The maximum absolute atomic E-state index is 13.1. The molecular weight excluding hydrogens is 400 g/mol. The molecule has 0 aliphatic carbocycles. The predicted octanol–water partition coefficient (Wildman–Crippen LogP) is 4.51. The lowest BCUT2D eigenvalue weighted by Crippen LogP contribution is -2.33. The highest BCUT2D eigenvalue weighted by Gasteiger charge is 2.24. The van der Waals surface area contributed by atoms with Gasteiger partial charge in [0.2, 0.25) is 0 Å². The number of carbonyl (C=O) groups excluding carboxylic acids is 1. The van der Waals surface area contributed by atoms with E-state index in [0.29, 0.717) is 22.1 Å². The summed E-state index contributed by atoms with van der Waals surface area (Å²) in [6.07, 6.45) is 3.90. The number of thiophene rings is 1. The first kappa shape index (κ1) is 20.4. The van der Waals surface area contributed by atoms with Crippen LogP contribution in [0.1, 0.15) is 35.0 Å². The summed E-state index contributed by atoms with van der Waals surface area (Å²) >= 11 is 1.40. The Kier molecular flexibility index (Phi) is 5.76. The topological polar surface area (TPSA) is 76.6 Å². The number of fused-ring (bicyclic) bond motifs is 1. The van der Waals surface area contributed by atoms with E-state index < -0.39 is 0 Å². The zero-order valence-electron chi connectivity index (χ0n) is 17.7. The van der Waals surface area contributed by atoms with Crippen LogP contribution < -0.4 is 19.7 Å². The Morgan fingerprint density at radius 3 is 2.67 bits per heavy atom. The Morgan fingerprint density at radius 2 is 1.97 bits per heavy atom. The van der Waals surface area contributed by atoms with Crippen molar-refractivity contribution in [3.8, 4) is 11.5 Å². The van der Waals surface area contributed by atoms with Gasteiger partial charge in [0.15, 0.2) is 0 Å². The molecule has 0 unspecified atom stereocenters. The van der Waals surface area contributed by atoms with Crippen molar-refractivity contribution in [3.05, 3.63) is 35.0 Å². The van der Waals surface area contributed by atoms with E-state index in [1.54, 1.807) is 38.7 Å². The minimum absolute atomic E-state index is 0.183. The third-order valence-corrected chi connectivity index (χ3v) is 6.85. The van der Waals surface area contributed by atoms with Gasteiger partial charge in [-0.1, -0.05) is 6.92 Å². The van der Waals surface area contributed by atoms with Gasteiger partial charge < -0.3 is 19.7 Å². The lowest BCUT2D eigenvalue weighted by atomic mass is 9.99. The van der Waals surface area contributed by atoms with Crippen molar-refractivity contribution in [3.63, 3.8) is 0 Å². The normalized spacial score (nSPS) is 14.7. The predicted molar refractivity (Wildman–Crippen MR) is 120 cm³/mol. The standard InChI is InChI=1S/C22H26N4O3S/c1-13-7-9-26(10-8-13)20-18-14(2)19(30-22(18)24-12-23-20)21(27)25-16-6-5-15(28-3)11-17(16)29-4/h5-6,11-13H,7-10H2,1-4H3,(H,25,27). The Hall–Kier alpha value is -2.87. The molecule has 0 spiro atoms. The molecular formula is C22H26N4O3S. The molecule has 7 nitrogen and oxygen atoms in total. The minimum atomic E-state index is -0.183. The summed E-state index contributed by atoms with van der Waals surface area (Å²) in [6.45, 7) is 6.22. The maximum Gasteiger partial charge on any atom is 0.266 e. The monoisotopic (exact) mass is 426 g/mol. The number of carbonyl (C=O) groups is 1. The zero-order chi connectivity index (χ0) is 21.3. The zero-order valence-corrected chi connectivity index (χ0v) is 18.5. The fourth-order valence-corrected chi connectivity index (χ4v) is 4.85. The summed E-state index contributed by atoms with van der Waals surface area (Å²) < 4.78 is 10.6. The summed E-state index contributed by atoms with van der Waals surface area (Å²) in [5, 5.41) is 3.94. The molecule has 0 saturated carbocycles. The van der Waals surface area contributed by atoms with Crippen LogP contribution in [0.15, 0.2) is 24.5 Å². The van der Waals surface area contributed by atoms with Gasteiger partial charge in [0.05, 0.1) is 30.2 Å². The molecule has 1 aliphatic rings. The van der Waals surface area contributed by atoms with Crippen LogP contribution in [0.4, 0.5) is 11.5 Å². The van der Waals surface area contributed by atoms with Crippen LogP contribution in [0.25, 0.3) is 10.2 Å². The quantitative estimate of drug-likeness (QED) is 0.647. The number of rotatable bonds is 5. The number of ether oxygens (including phenoxy) is 2. The number of anilines is 2. The summed E-state index contributed by atoms with van der Waals surface area (Å²) in [6, 6.07) is 5.31. The van der Waals surface area contributed by atoms with Gasteiger partial charge in [-0.15, -0.1) is 11.3 Å². The molecule has 0 bridgehead atoms. The van der Waals surface area contributed by atoms with E-state index in [9.17, 15) is 4.79 Å². The molecule has 1 N–H and O–H groups in total. The van der Waals surface area contributed by atoms with E-state index in [4.69, 9.17) is 9.47 Å². The highest BCUT2D eigenvalue weighted by molar-refractivity contribution is 7.20. The van der Waals surface area contributed by atoms with Gasteiger partial charge in [0.1, 0.15) is 28.5 Å². The minimum Gasteiger partial charge on any atom is -0.497 e. The number of methoxy groups -OCH3 is 2. The van der Waals surface area contributed by atoms with Crippen molar-refractivity contribution < 1.29 is 14.3 Å². The third kappa shape index (κ3) is 3.79. The van der Waals surface area contributed by atoms with E-state index in [2.05, 4.69) is 27.1 Å². The Balaban J connectivity index is 1.66. The van der Waals surface area contributed by atoms with Gasteiger partial charge in [-0.25, -0.2) is 9.97 Å². The molecule has 158 valence electrons. The van der Waals surface area contributed by atoms with Crippen LogP contribution in [0, 0.1) is 12.8 Å². The molecule has 1 aromatic carbocycles. The number of nitrogens with one attached hydrogen (secondary N) is 1. The number of aryl methyl sites for hydroxylation is 1. The second-order valence-electron chi connectivity index (χ2n) is 7.62. The molecule has 4 rings (SSSR count). The molecule has 0 atom stereocenters. The Labute approximate surface area is 180 Å². The largest absolute Gasteiger partial charge is 0.497 e. The van der Waals surface area contributed by atoms with Crippen molar-refractivity contribution in [1.29, 1.82) is 0 Å². The van der Waals surface area contributed by atoms with E-state index >= 15 is 0 Å². The van der Waals surface area contributed by atoms with Crippen LogP contribution in [0.2, 0.25) is 0 Å². The number of aromatic nitrogens is 2. The van der Waals surface area contributed by atoms with Crippen molar-refractivity contribution >= 4 is 39.0 Å². The highest BCUT2D eigenvalue weighted by atomic mass is 32.1. The van der Waals surface area contributed by atoms with Crippen LogP contribution in [0.3, 0.4) is 0 Å². The van der Waals surface area contributed by atoms with Crippen molar-refractivity contribution in [2.24, 2.45) is 5.92 Å². The molecule has 1 amide bonds. The molecule has 30 heavy (non-hydrogen) atoms. The fourth-order valence-electron chi connectivity index (χ4n) is 3.81. The Bertz CT molecular complexity index is 1070. The van der Waals surface area contributed by atoms with Gasteiger partial charge in [0.25, 0.3) is 5.91 Å². The van der Waals surface area contributed by atoms with Crippen LogP contribution >= 0.6 is 11.3 Å². The van der Waals surface area contributed by atoms with E-state index in [1.807, 2.05) is 6.92 Å². The molecule has 3 aromatic rings. The number of hydrogen-bond acceptors (Lipinski definition) is 7. The van der Waals surface area contributed by atoms with Crippen molar-refractivity contribution in [2.75, 3.05) is 37.5 Å². The summed E-state index contributed by atoms with van der Waals surface area (Å²) in [5.41, 5.74) is 1.51. The van der Waals surface area contributed by atoms with Gasteiger partial charge in [0, 0.05) is 19.2 Å². The number of piperidine rings is 1. The molecule has 3 heterocycles. The highest BCUT2D eigenvalue weighted by Crippen LogP contribution is 2.37. The van der Waals surface area contributed by atoms with Gasteiger partial charge in [-0.05, 0) is 43.4 Å². The molecule has 8 heteroatoms. The van der Waals surface area contributed by atoms with Crippen LogP contribution in [0.5, 0.6) is 11.5 Å². The van der Waals surface area contributed by atoms with Crippen LogP contribution in [-0.4, -0.2) is 43.2 Å². The van der Waals surface area contributed by atoms with Gasteiger partial charge in [-0.2, -0.15) is 0 Å². The van der Waals surface area contributed by atoms with Gasteiger partial charge in [-0.3, -0.25) is 4.79 Å². The fraction of sp³-hybridized carbons (Fsp3) is 0.409. The molecule has 1 saturated heterocycles. The number of amides is 1. The number of hydrogen-bond donors (Lipinski definition) is 1. The van der Waals surface area contributed by atoms with E-state index in [1.165, 1.54) is 11.3 Å². The smallest absolute Gasteiger partial charge is 0.266 e. The summed E-state index contributed by atoms with van der Waals surface area (Å²) in [5.74, 6) is 2.70. The molecule has 2 aromatic heterocycles. The SMILES string of the molecule is COc1ccc(NC(=O)c2sc3ncnc(N4CCC(C)CC4)c3c2C)c(OC)c1. The van der Waals surface area contributed by atoms with Crippen molar-refractivity contribution in [1.82, 2.24) is 9.97 Å². The first-order chi connectivity index (χ1) is 14.5. The number of nitrogens with zero attached hydrogens (tertiary/aromatic N) is 3.